The Labute approximate surface area is 115 Å². The molecule has 0 aliphatic carbocycles. The Bertz CT molecular complexity index is 410. The summed E-state index contributed by atoms with van der Waals surface area (Å²) in [5, 5.41) is 0.785. The summed E-state index contributed by atoms with van der Waals surface area (Å²) >= 11 is 9.59. The fraction of sp³-hybridized carbons (Fsp3) is 0.462. The van der Waals surface area contributed by atoms with Gasteiger partial charge in [0.2, 0.25) is 0 Å². The van der Waals surface area contributed by atoms with Crippen LogP contribution in [0.15, 0.2) is 22.7 Å². The van der Waals surface area contributed by atoms with Gasteiger partial charge in [0, 0.05) is 28.5 Å². The summed E-state index contributed by atoms with van der Waals surface area (Å²) in [6.07, 6.45) is 3.20. The van der Waals surface area contributed by atoms with Gasteiger partial charge >= 0.3 is 0 Å². The van der Waals surface area contributed by atoms with E-state index in [0.717, 1.165) is 53.8 Å². The normalized spacial score (nSPS) is 21.4. The Morgan fingerprint density at radius 2 is 2.35 bits per heavy atom. The molecule has 2 rings (SSSR count). The zero-order chi connectivity index (χ0) is 12.3. The molecule has 1 unspecified atom stereocenters. The lowest BCUT2D eigenvalue weighted by atomic mass is 9.99. The van der Waals surface area contributed by atoms with Gasteiger partial charge in [-0.05, 0) is 37.1 Å². The molecule has 0 radical (unpaired) electrons. The lowest BCUT2D eigenvalue weighted by molar-refractivity contribution is -0.112. The number of benzene rings is 1. The molecule has 0 saturated carbocycles. The van der Waals surface area contributed by atoms with E-state index >= 15 is 0 Å². The highest BCUT2D eigenvalue weighted by atomic mass is 79.9. The molecule has 1 fully saturated rings. The van der Waals surface area contributed by atoms with Crippen LogP contribution in [0.4, 0.5) is 0 Å². The molecule has 0 N–H and O–H groups in total. The van der Waals surface area contributed by atoms with E-state index in [9.17, 15) is 4.79 Å². The van der Waals surface area contributed by atoms with Crippen molar-refractivity contribution in [3.63, 3.8) is 0 Å². The summed E-state index contributed by atoms with van der Waals surface area (Å²) in [6, 6.07) is 5.96. The molecular formula is C13H15BrClNO. The first-order chi connectivity index (χ1) is 8.19. The smallest absolute Gasteiger partial charge is 0.124 e. The van der Waals surface area contributed by atoms with Gasteiger partial charge in [-0.3, -0.25) is 4.90 Å². The number of rotatable bonds is 3. The average Bonchev–Trinajstić information content (AvgIpc) is 2.33. The number of nitrogens with zero attached hydrogens (tertiary/aromatic N) is 1. The highest BCUT2D eigenvalue weighted by Gasteiger charge is 2.19. The maximum Gasteiger partial charge on any atom is 0.124 e. The molecule has 1 heterocycles. The highest BCUT2D eigenvalue weighted by molar-refractivity contribution is 9.10. The summed E-state index contributed by atoms with van der Waals surface area (Å²) in [7, 11) is 0. The molecule has 1 aliphatic heterocycles. The van der Waals surface area contributed by atoms with Crippen molar-refractivity contribution in [2.75, 3.05) is 13.1 Å². The Kier molecular flexibility index (Phi) is 4.60. The number of halogens is 2. The summed E-state index contributed by atoms with van der Waals surface area (Å²) in [5.41, 5.74) is 1.13. The van der Waals surface area contributed by atoms with E-state index in [4.69, 9.17) is 11.6 Å². The van der Waals surface area contributed by atoms with E-state index in [1.165, 1.54) is 0 Å². The van der Waals surface area contributed by atoms with Crippen molar-refractivity contribution < 1.29 is 4.79 Å². The first-order valence-corrected chi connectivity index (χ1v) is 6.97. The van der Waals surface area contributed by atoms with E-state index in [0.29, 0.717) is 0 Å². The number of carbonyl (C=O) groups is 1. The third kappa shape index (κ3) is 3.54. The lowest BCUT2D eigenvalue weighted by Gasteiger charge is -2.30. The summed E-state index contributed by atoms with van der Waals surface area (Å²) in [5.74, 6) is 0.193. The van der Waals surface area contributed by atoms with Crippen LogP contribution in [0, 0.1) is 5.92 Å². The Morgan fingerprint density at radius 3 is 3.06 bits per heavy atom. The van der Waals surface area contributed by atoms with Crippen molar-refractivity contribution >= 4 is 33.8 Å². The summed E-state index contributed by atoms with van der Waals surface area (Å²) in [6.45, 7) is 2.74. The van der Waals surface area contributed by atoms with Gasteiger partial charge in [0.15, 0.2) is 0 Å². The predicted octanol–water partition coefficient (Wildman–Crippen LogP) is 3.51. The summed E-state index contributed by atoms with van der Waals surface area (Å²) in [4.78, 5) is 13.1. The molecule has 1 saturated heterocycles. The van der Waals surface area contributed by atoms with E-state index in [1.54, 1.807) is 0 Å². The highest BCUT2D eigenvalue weighted by Crippen LogP contribution is 2.24. The van der Waals surface area contributed by atoms with Crippen LogP contribution in [0.3, 0.4) is 0 Å². The maximum absolute atomic E-state index is 10.8. The SMILES string of the molecule is O=CC1CCCN(Cc2ccc(Br)cc2Cl)C1. The van der Waals surface area contributed by atoms with Gasteiger partial charge in [-0.15, -0.1) is 0 Å². The van der Waals surface area contributed by atoms with Crippen molar-refractivity contribution in [2.24, 2.45) is 5.92 Å². The van der Waals surface area contributed by atoms with Crippen molar-refractivity contribution in [3.8, 4) is 0 Å². The minimum atomic E-state index is 0.193. The van der Waals surface area contributed by atoms with Gasteiger partial charge in [0.1, 0.15) is 6.29 Å². The van der Waals surface area contributed by atoms with Gasteiger partial charge in [-0.2, -0.15) is 0 Å². The number of hydrogen-bond acceptors (Lipinski definition) is 2. The fourth-order valence-electron chi connectivity index (χ4n) is 2.24. The van der Waals surface area contributed by atoms with Crippen LogP contribution in [0.1, 0.15) is 18.4 Å². The maximum atomic E-state index is 10.8. The molecule has 1 aliphatic rings. The largest absolute Gasteiger partial charge is 0.303 e. The zero-order valence-electron chi connectivity index (χ0n) is 9.53. The zero-order valence-corrected chi connectivity index (χ0v) is 11.9. The molecule has 17 heavy (non-hydrogen) atoms. The monoisotopic (exact) mass is 315 g/mol. The Morgan fingerprint density at radius 1 is 1.53 bits per heavy atom. The Hall–Kier alpha value is -0.380. The van der Waals surface area contributed by atoms with Crippen LogP contribution in [0.2, 0.25) is 5.02 Å². The standard InChI is InChI=1S/C13H15BrClNO/c14-12-4-3-11(13(15)6-12)8-16-5-1-2-10(7-16)9-17/h3-4,6,9-10H,1-2,5,7-8H2. The van der Waals surface area contributed by atoms with Crippen LogP contribution in [-0.2, 0) is 11.3 Å². The van der Waals surface area contributed by atoms with Gasteiger partial charge in [-0.25, -0.2) is 0 Å². The quantitative estimate of drug-likeness (QED) is 0.795. The first kappa shape index (κ1) is 13.1. The number of aldehydes is 1. The van der Waals surface area contributed by atoms with Crippen LogP contribution < -0.4 is 0 Å². The second kappa shape index (κ2) is 5.98. The molecule has 0 bridgehead atoms. The van der Waals surface area contributed by atoms with Crippen LogP contribution in [-0.4, -0.2) is 24.3 Å². The molecule has 0 spiro atoms. The van der Waals surface area contributed by atoms with Crippen molar-refractivity contribution in [2.45, 2.75) is 19.4 Å². The van der Waals surface area contributed by atoms with Crippen molar-refractivity contribution in [3.05, 3.63) is 33.3 Å². The predicted molar refractivity (Wildman–Crippen MR) is 73.2 cm³/mol. The second-order valence-electron chi connectivity index (χ2n) is 4.51. The van der Waals surface area contributed by atoms with E-state index in [-0.39, 0.29) is 5.92 Å². The van der Waals surface area contributed by atoms with Gasteiger partial charge in [0.25, 0.3) is 0 Å². The minimum absolute atomic E-state index is 0.193. The average molecular weight is 317 g/mol. The van der Waals surface area contributed by atoms with Gasteiger partial charge < -0.3 is 4.79 Å². The second-order valence-corrected chi connectivity index (χ2v) is 5.83. The van der Waals surface area contributed by atoms with Crippen LogP contribution in [0.5, 0.6) is 0 Å². The molecule has 1 atom stereocenters. The van der Waals surface area contributed by atoms with Crippen molar-refractivity contribution in [1.29, 1.82) is 0 Å². The molecule has 92 valence electrons. The van der Waals surface area contributed by atoms with Gasteiger partial charge in [-0.1, -0.05) is 33.6 Å². The van der Waals surface area contributed by atoms with Gasteiger partial charge in [0.05, 0.1) is 0 Å². The summed E-state index contributed by atoms with van der Waals surface area (Å²) < 4.78 is 0.996. The van der Waals surface area contributed by atoms with Crippen LogP contribution >= 0.6 is 27.5 Å². The van der Waals surface area contributed by atoms with E-state index < -0.39 is 0 Å². The number of carbonyl (C=O) groups excluding carboxylic acids is 1. The Balaban J connectivity index is 2.02. The molecule has 1 aromatic carbocycles. The van der Waals surface area contributed by atoms with Crippen molar-refractivity contribution in [1.82, 2.24) is 4.90 Å². The van der Waals surface area contributed by atoms with E-state index in [1.807, 2.05) is 18.2 Å². The lowest BCUT2D eigenvalue weighted by Crippen LogP contribution is -2.35. The molecule has 2 nitrogen and oxygen atoms in total. The topological polar surface area (TPSA) is 20.3 Å². The van der Waals surface area contributed by atoms with E-state index in [2.05, 4.69) is 20.8 Å². The number of piperidine rings is 1. The van der Waals surface area contributed by atoms with Crippen LogP contribution in [0.25, 0.3) is 0 Å². The molecular weight excluding hydrogens is 302 g/mol. The molecule has 1 aromatic rings. The number of hydrogen-bond donors (Lipinski definition) is 0. The first-order valence-electron chi connectivity index (χ1n) is 5.80. The number of likely N-dealkylation sites (tertiary alicyclic amines) is 1. The fourth-order valence-corrected chi connectivity index (χ4v) is 2.97. The third-order valence-corrected chi connectivity index (χ3v) is 3.99. The molecule has 0 aromatic heterocycles. The third-order valence-electron chi connectivity index (χ3n) is 3.14. The minimum Gasteiger partial charge on any atom is -0.303 e. The molecule has 4 heteroatoms. The molecule has 0 amide bonds.